The highest BCUT2D eigenvalue weighted by Gasteiger charge is 1.95. The van der Waals surface area contributed by atoms with Crippen molar-refractivity contribution in [2.45, 2.75) is 6.42 Å². The van der Waals surface area contributed by atoms with E-state index in [0.29, 0.717) is 5.75 Å². The molecule has 0 bridgehead atoms. The van der Waals surface area contributed by atoms with Gasteiger partial charge in [0, 0.05) is 5.02 Å². The van der Waals surface area contributed by atoms with Crippen molar-refractivity contribution in [2.75, 3.05) is 0 Å². The number of rotatable bonds is 3. The average molecular weight is 245 g/mol. The molecule has 0 aromatic heterocycles. The van der Waals surface area contributed by atoms with Gasteiger partial charge in [-0.25, -0.2) is 0 Å². The van der Waals surface area contributed by atoms with Crippen molar-refractivity contribution in [3.63, 3.8) is 0 Å². The SMILES string of the molecule is Oc1ccccc1C/C=C\c1ccc(Cl)cc1. The maximum Gasteiger partial charge on any atom is 0.119 e. The number of aromatic hydroxyl groups is 1. The Morgan fingerprint density at radius 1 is 1.00 bits per heavy atom. The van der Waals surface area contributed by atoms with Crippen LogP contribution in [-0.4, -0.2) is 5.11 Å². The molecule has 0 fully saturated rings. The van der Waals surface area contributed by atoms with Crippen molar-refractivity contribution in [3.05, 3.63) is 70.8 Å². The van der Waals surface area contributed by atoms with Crippen LogP contribution in [0.2, 0.25) is 5.02 Å². The van der Waals surface area contributed by atoms with Crippen LogP contribution in [0.25, 0.3) is 6.08 Å². The van der Waals surface area contributed by atoms with Crippen LogP contribution in [0, 0.1) is 0 Å². The van der Waals surface area contributed by atoms with Crippen LogP contribution in [-0.2, 0) is 6.42 Å². The van der Waals surface area contributed by atoms with Crippen LogP contribution in [0.15, 0.2) is 54.6 Å². The highest BCUT2D eigenvalue weighted by atomic mass is 35.5. The number of allylic oxidation sites excluding steroid dienone is 1. The van der Waals surface area contributed by atoms with E-state index in [4.69, 9.17) is 11.6 Å². The molecule has 0 saturated carbocycles. The Morgan fingerprint density at radius 2 is 1.71 bits per heavy atom. The van der Waals surface area contributed by atoms with Gasteiger partial charge in [-0.05, 0) is 35.7 Å². The topological polar surface area (TPSA) is 20.2 Å². The molecule has 2 aromatic rings. The Hall–Kier alpha value is -1.73. The Morgan fingerprint density at radius 3 is 2.41 bits per heavy atom. The van der Waals surface area contributed by atoms with Crippen molar-refractivity contribution in [1.29, 1.82) is 0 Å². The minimum absolute atomic E-state index is 0.341. The predicted molar refractivity (Wildman–Crippen MR) is 72.3 cm³/mol. The molecule has 0 aliphatic carbocycles. The maximum atomic E-state index is 9.59. The zero-order chi connectivity index (χ0) is 12.1. The molecule has 0 aliphatic heterocycles. The zero-order valence-corrected chi connectivity index (χ0v) is 10.1. The highest BCUT2D eigenvalue weighted by Crippen LogP contribution is 2.17. The maximum absolute atomic E-state index is 9.59. The third-order valence-electron chi connectivity index (χ3n) is 2.51. The van der Waals surface area contributed by atoms with Gasteiger partial charge in [0.1, 0.15) is 5.75 Å². The molecule has 0 saturated heterocycles. The molecule has 17 heavy (non-hydrogen) atoms. The van der Waals surface area contributed by atoms with Crippen molar-refractivity contribution in [2.24, 2.45) is 0 Å². The first-order valence-corrected chi connectivity index (χ1v) is 5.82. The summed E-state index contributed by atoms with van der Waals surface area (Å²) in [4.78, 5) is 0. The van der Waals surface area contributed by atoms with E-state index in [1.54, 1.807) is 6.07 Å². The van der Waals surface area contributed by atoms with Gasteiger partial charge in [-0.1, -0.05) is 54.1 Å². The standard InChI is InChI=1S/C15H13ClO/c16-14-10-8-12(9-11-14)4-3-6-13-5-1-2-7-15(13)17/h1-5,7-11,17H,6H2/b4-3-. The fourth-order valence-corrected chi connectivity index (χ4v) is 1.71. The third-order valence-corrected chi connectivity index (χ3v) is 2.76. The van der Waals surface area contributed by atoms with Crippen molar-refractivity contribution in [1.82, 2.24) is 0 Å². The Labute approximate surface area is 106 Å². The first kappa shape index (κ1) is 11.7. The lowest BCUT2D eigenvalue weighted by Gasteiger charge is -1.99. The molecule has 0 amide bonds. The van der Waals surface area contributed by atoms with E-state index in [2.05, 4.69) is 0 Å². The summed E-state index contributed by atoms with van der Waals surface area (Å²) in [5, 5.41) is 10.3. The molecule has 0 heterocycles. The zero-order valence-electron chi connectivity index (χ0n) is 9.31. The number of benzene rings is 2. The van der Waals surface area contributed by atoms with Crippen LogP contribution in [0.5, 0.6) is 5.75 Å². The van der Waals surface area contributed by atoms with Gasteiger partial charge in [-0.3, -0.25) is 0 Å². The van der Waals surface area contributed by atoms with Gasteiger partial charge in [0.25, 0.3) is 0 Å². The van der Waals surface area contributed by atoms with E-state index >= 15 is 0 Å². The Kier molecular flexibility index (Phi) is 3.84. The summed E-state index contributed by atoms with van der Waals surface area (Å²) in [5.41, 5.74) is 2.03. The first-order valence-electron chi connectivity index (χ1n) is 5.45. The van der Waals surface area contributed by atoms with Crippen molar-refractivity contribution in [3.8, 4) is 5.75 Å². The molecule has 0 radical (unpaired) electrons. The van der Waals surface area contributed by atoms with Gasteiger partial charge in [-0.2, -0.15) is 0 Å². The molecule has 2 aromatic carbocycles. The summed E-state index contributed by atoms with van der Waals surface area (Å²) in [5.74, 6) is 0.341. The van der Waals surface area contributed by atoms with Crippen molar-refractivity contribution >= 4 is 17.7 Å². The van der Waals surface area contributed by atoms with Gasteiger partial charge in [0.15, 0.2) is 0 Å². The molecule has 0 aliphatic rings. The third kappa shape index (κ3) is 3.36. The summed E-state index contributed by atoms with van der Waals surface area (Å²) >= 11 is 5.81. The molecule has 0 atom stereocenters. The molecule has 86 valence electrons. The molecule has 1 nitrogen and oxygen atoms in total. The quantitative estimate of drug-likeness (QED) is 0.854. The van der Waals surface area contributed by atoms with E-state index in [1.165, 1.54) is 0 Å². The van der Waals surface area contributed by atoms with Crippen LogP contribution in [0.4, 0.5) is 0 Å². The van der Waals surface area contributed by atoms with E-state index in [9.17, 15) is 5.11 Å². The second-order valence-electron chi connectivity index (χ2n) is 3.79. The average Bonchev–Trinajstić information content (AvgIpc) is 2.34. The van der Waals surface area contributed by atoms with Gasteiger partial charge < -0.3 is 5.11 Å². The minimum Gasteiger partial charge on any atom is -0.508 e. The van der Waals surface area contributed by atoms with Crippen LogP contribution < -0.4 is 0 Å². The molecule has 2 rings (SSSR count). The second kappa shape index (κ2) is 5.55. The fraction of sp³-hybridized carbons (Fsp3) is 0.0667. The molecule has 0 unspecified atom stereocenters. The Bertz CT molecular complexity index is 515. The van der Waals surface area contributed by atoms with Crippen LogP contribution in [0.1, 0.15) is 11.1 Å². The van der Waals surface area contributed by atoms with E-state index in [-0.39, 0.29) is 0 Å². The fourth-order valence-electron chi connectivity index (χ4n) is 1.58. The lowest BCUT2D eigenvalue weighted by molar-refractivity contribution is 0.470. The lowest BCUT2D eigenvalue weighted by atomic mass is 10.1. The minimum atomic E-state index is 0.341. The number of hydrogen-bond acceptors (Lipinski definition) is 1. The summed E-state index contributed by atoms with van der Waals surface area (Å²) in [7, 11) is 0. The van der Waals surface area contributed by atoms with Gasteiger partial charge in [0.05, 0.1) is 0 Å². The van der Waals surface area contributed by atoms with Crippen LogP contribution in [0.3, 0.4) is 0 Å². The number of para-hydroxylation sites is 1. The van der Waals surface area contributed by atoms with E-state index < -0.39 is 0 Å². The summed E-state index contributed by atoms with van der Waals surface area (Å²) in [6.07, 6.45) is 4.76. The second-order valence-corrected chi connectivity index (χ2v) is 4.22. The van der Waals surface area contributed by atoms with Crippen LogP contribution >= 0.6 is 11.6 Å². The van der Waals surface area contributed by atoms with E-state index in [0.717, 1.165) is 22.6 Å². The smallest absolute Gasteiger partial charge is 0.119 e. The Balaban J connectivity index is 2.03. The molecule has 1 N–H and O–H groups in total. The van der Waals surface area contributed by atoms with E-state index in [1.807, 2.05) is 54.6 Å². The number of phenols is 1. The molecular weight excluding hydrogens is 232 g/mol. The number of phenolic OH excluding ortho intramolecular Hbond substituents is 1. The molecule has 2 heteroatoms. The lowest BCUT2D eigenvalue weighted by Crippen LogP contribution is -1.81. The van der Waals surface area contributed by atoms with Crippen molar-refractivity contribution < 1.29 is 5.11 Å². The molecule has 0 spiro atoms. The summed E-state index contributed by atoms with van der Waals surface area (Å²) < 4.78 is 0. The summed E-state index contributed by atoms with van der Waals surface area (Å²) in [6.45, 7) is 0. The largest absolute Gasteiger partial charge is 0.508 e. The van der Waals surface area contributed by atoms with Gasteiger partial charge in [0.2, 0.25) is 0 Å². The predicted octanol–water partition coefficient (Wildman–Crippen LogP) is 4.30. The summed E-state index contributed by atoms with van der Waals surface area (Å²) in [6, 6.07) is 15.0. The van der Waals surface area contributed by atoms with Gasteiger partial charge in [-0.15, -0.1) is 0 Å². The molecular formula is C15H13ClO. The highest BCUT2D eigenvalue weighted by molar-refractivity contribution is 6.30. The first-order chi connectivity index (χ1) is 8.25. The van der Waals surface area contributed by atoms with Gasteiger partial charge >= 0.3 is 0 Å². The monoisotopic (exact) mass is 244 g/mol. The normalized spacial score (nSPS) is 10.9. The number of halogens is 1. The number of hydrogen-bond donors (Lipinski definition) is 1.